The quantitative estimate of drug-likeness (QED) is 0.173. The van der Waals surface area contributed by atoms with E-state index in [1.165, 1.54) is 12.3 Å². The number of anilines is 1. The van der Waals surface area contributed by atoms with Gasteiger partial charge < -0.3 is 0 Å². The minimum atomic E-state index is -5.14. The van der Waals surface area contributed by atoms with E-state index >= 15 is 0 Å². The van der Waals surface area contributed by atoms with E-state index < -0.39 is 52.3 Å². The highest BCUT2D eigenvalue weighted by Crippen LogP contribution is 2.42. The van der Waals surface area contributed by atoms with Crippen molar-refractivity contribution < 1.29 is 35.5 Å². The smallest absolute Gasteiger partial charge is 0.282 e. The van der Waals surface area contributed by atoms with Gasteiger partial charge in [0.1, 0.15) is 17.6 Å². The molecule has 3 rings (SSSR count). The molecule has 0 saturated carbocycles. The van der Waals surface area contributed by atoms with Gasteiger partial charge in [-0.25, -0.2) is 9.37 Å². The van der Waals surface area contributed by atoms with E-state index in [0.717, 1.165) is 18.2 Å². The minimum absolute atomic E-state index is 0.0771. The van der Waals surface area contributed by atoms with Crippen LogP contribution in [0.5, 0.6) is 0 Å². The Morgan fingerprint density at radius 2 is 1.59 bits per heavy atom. The molecule has 2 aromatic carbocycles. The Bertz CT molecular complexity index is 1310. The van der Waals surface area contributed by atoms with Gasteiger partial charge in [0.15, 0.2) is 0 Å². The summed E-state index contributed by atoms with van der Waals surface area (Å²) >= 11 is 17.3. The third-order valence-corrected chi connectivity index (χ3v) is 6.04. The molecule has 0 spiro atoms. The van der Waals surface area contributed by atoms with Crippen LogP contribution in [0.2, 0.25) is 15.1 Å². The number of pyridine rings is 1. The number of aromatic nitrogens is 1. The summed E-state index contributed by atoms with van der Waals surface area (Å²) in [6.45, 7) is 0. The Balaban J connectivity index is 1.99. The molecule has 0 fully saturated rings. The molecule has 4 nitrogen and oxygen atoms in total. The fourth-order valence-electron chi connectivity index (χ4n) is 3.13. The highest BCUT2D eigenvalue weighted by Gasteiger charge is 2.41. The molecule has 14 heteroatoms. The molecular formula is C23H13Cl3F7N3O. The topological polar surface area (TPSA) is 54.0 Å². The van der Waals surface area contributed by atoms with Crippen LogP contribution in [0.4, 0.5) is 36.6 Å². The molecular weight excluding hydrogens is 574 g/mol. The first-order valence-electron chi connectivity index (χ1n) is 9.96. The zero-order chi connectivity index (χ0) is 27.5. The van der Waals surface area contributed by atoms with Gasteiger partial charge >= 0.3 is 12.4 Å². The zero-order valence-corrected chi connectivity index (χ0v) is 20.3. The number of alkyl halides is 6. The Kier molecular flexibility index (Phi) is 8.61. The summed E-state index contributed by atoms with van der Waals surface area (Å²) in [5, 5.41) is -0.888. The average molecular weight is 587 g/mol. The van der Waals surface area contributed by atoms with Crippen LogP contribution in [0.1, 0.15) is 33.0 Å². The van der Waals surface area contributed by atoms with Crippen molar-refractivity contribution in [1.82, 2.24) is 10.4 Å². The normalized spacial score (nSPS) is 13.3. The van der Waals surface area contributed by atoms with Crippen molar-refractivity contribution in [3.8, 4) is 0 Å². The molecule has 0 saturated heterocycles. The molecule has 0 aliphatic carbocycles. The lowest BCUT2D eigenvalue weighted by molar-refractivity contribution is -0.140. The molecule has 0 bridgehead atoms. The number of carbonyl (C=O) groups is 1. The molecule has 0 aliphatic rings. The first-order chi connectivity index (χ1) is 17.2. The fraction of sp³-hybridized carbons (Fsp3) is 0.130. The summed E-state index contributed by atoms with van der Waals surface area (Å²) in [6.07, 6.45) is -8.77. The maximum atomic E-state index is 14.9. The van der Waals surface area contributed by atoms with Crippen LogP contribution < -0.4 is 10.9 Å². The molecule has 2 N–H and O–H groups in total. The molecule has 37 heavy (non-hydrogen) atoms. The number of halogens is 10. The van der Waals surface area contributed by atoms with Crippen LogP contribution >= 0.6 is 34.8 Å². The van der Waals surface area contributed by atoms with Crippen LogP contribution in [0, 0.1) is 0 Å². The molecule has 3 aromatic rings. The van der Waals surface area contributed by atoms with E-state index in [2.05, 4.69) is 10.4 Å². The fourth-order valence-corrected chi connectivity index (χ4v) is 3.74. The number of allylic oxidation sites excluding steroid dienone is 1. The first-order valence-corrected chi connectivity index (χ1v) is 11.1. The van der Waals surface area contributed by atoms with Crippen molar-refractivity contribution in [3.63, 3.8) is 0 Å². The second-order valence-electron chi connectivity index (χ2n) is 7.38. The zero-order valence-electron chi connectivity index (χ0n) is 18.0. The van der Waals surface area contributed by atoms with Gasteiger partial charge in [0.05, 0.1) is 26.2 Å². The Morgan fingerprint density at radius 1 is 0.946 bits per heavy atom. The summed E-state index contributed by atoms with van der Waals surface area (Å²) in [4.78, 5) is 16.2. The van der Waals surface area contributed by atoms with Crippen molar-refractivity contribution in [3.05, 3.63) is 98.1 Å². The Labute approximate surface area is 220 Å². The van der Waals surface area contributed by atoms with Gasteiger partial charge in [-0.2, -0.15) is 26.3 Å². The van der Waals surface area contributed by atoms with E-state index in [9.17, 15) is 35.5 Å². The van der Waals surface area contributed by atoms with Crippen molar-refractivity contribution in [2.45, 2.75) is 18.3 Å². The van der Waals surface area contributed by atoms with E-state index in [4.69, 9.17) is 34.8 Å². The van der Waals surface area contributed by atoms with Crippen molar-refractivity contribution >= 4 is 52.4 Å². The number of hydrazine groups is 1. The highest BCUT2D eigenvalue weighted by molar-refractivity contribution is 6.48. The molecule has 1 heterocycles. The van der Waals surface area contributed by atoms with Gasteiger partial charge in [-0.05, 0) is 48.0 Å². The van der Waals surface area contributed by atoms with Crippen molar-refractivity contribution in [2.24, 2.45) is 0 Å². The third kappa shape index (κ3) is 7.06. The third-order valence-electron chi connectivity index (χ3n) is 4.85. The van der Waals surface area contributed by atoms with E-state index in [-0.39, 0.29) is 33.0 Å². The SMILES string of the molecule is O=C(NNc1ccccn1)c1ccc(C(F)=CC(c2cc(Cl)c(Cl)c(Cl)c2)C(F)(F)F)cc1C(F)(F)F. The molecule has 0 radical (unpaired) electrons. The second kappa shape index (κ2) is 11.2. The predicted octanol–water partition coefficient (Wildman–Crippen LogP) is 8.47. The lowest BCUT2D eigenvalue weighted by Gasteiger charge is -2.19. The van der Waals surface area contributed by atoms with Crippen LogP contribution in [0.15, 0.2) is 60.8 Å². The van der Waals surface area contributed by atoms with Crippen LogP contribution in [0.3, 0.4) is 0 Å². The molecule has 1 atom stereocenters. The molecule has 1 amide bonds. The summed E-state index contributed by atoms with van der Waals surface area (Å²) < 4.78 is 97.2. The van der Waals surface area contributed by atoms with Gasteiger partial charge in [0.2, 0.25) is 0 Å². The molecule has 196 valence electrons. The van der Waals surface area contributed by atoms with Gasteiger partial charge in [-0.1, -0.05) is 46.9 Å². The van der Waals surface area contributed by atoms with Crippen LogP contribution in [-0.2, 0) is 6.18 Å². The van der Waals surface area contributed by atoms with Crippen LogP contribution in [-0.4, -0.2) is 17.1 Å². The van der Waals surface area contributed by atoms with Gasteiger partial charge in [0.25, 0.3) is 5.91 Å². The summed E-state index contributed by atoms with van der Waals surface area (Å²) in [6, 6.07) is 7.79. The maximum absolute atomic E-state index is 14.9. The lowest BCUT2D eigenvalue weighted by Crippen LogP contribution is -2.31. The van der Waals surface area contributed by atoms with Gasteiger partial charge in [-0.15, -0.1) is 0 Å². The van der Waals surface area contributed by atoms with E-state index in [1.54, 1.807) is 12.1 Å². The molecule has 1 unspecified atom stereocenters. The molecule has 0 aliphatic heterocycles. The lowest BCUT2D eigenvalue weighted by atomic mass is 9.95. The van der Waals surface area contributed by atoms with E-state index in [0.29, 0.717) is 6.07 Å². The number of nitrogens with zero attached hydrogens (tertiary/aromatic N) is 1. The number of amides is 1. The van der Waals surface area contributed by atoms with Gasteiger partial charge in [-0.3, -0.25) is 15.6 Å². The number of hydrogen-bond donors (Lipinski definition) is 2. The standard InChI is InChI=1S/C23H13Cl3F7N3O/c24-16-8-12(9-17(25)20(16)26)14(22(28,29)30)10-18(27)11-4-5-13(15(7-11)23(31,32)33)21(37)36-35-19-3-1-2-6-34-19/h1-10,14H,(H,34,35)(H,36,37). The van der Waals surface area contributed by atoms with Crippen molar-refractivity contribution in [1.29, 1.82) is 0 Å². The minimum Gasteiger partial charge on any atom is -0.282 e. The predicted molar refractivity (Wildman–Crippen MR) is 126 cm³/mol. The summed E-state index contributed by atoms with van der Waals surface area (Å²) in [7, 11) is 0. The Hall–Kier alpha value is -3.02. The number of benzene rings is 2. The summed E-state index contributed by atoms with van der Waals surface area (Å²) in [5.41, 5.74) is 0.420. The largest absolute Gasteiger partial charge is 0.417 e. The van der Waals surface area contributed by atoms with Gasteiger partial charge in [0, 0.05) is 11.8 Å². The highest BCUT2D eigenvalue weighted by atomic mass is 35.5. The number of rotatable bonds is 6. The van der Waals surface area contributed by atoms with Crippen LogP contribution in [0.25, 0.3) is 5.83 Å². The van der Waals surface area contributed by atoms with Crippen molar-refractivity contribution in [2.75, 3.05) is 5.43 Å². The van der Waals surface area contributed by atoms with E-state index in [1.807, 2.05) is 5.43 Å². The molecule has 1 aromatic heterocycles. The average Bonchev–Trinajstić information content (AvgIpc) is 2.83. The second-order valence-corrected chi connectivity index (χ2v) is 8.58. The number of carbonyl (C=O) groups excluding carboxylic acids is 1. The summed E-state index contributed by atoms with van der Waals surface area (Å²) in [5.74, 6) is -5.38. The number of hydrogen-bond acceptors (Lipinski definition) is 3. The number of nitrogens with one attached hydrogen (secondary N) is 2. The first kappa shape index (κ1) is 28.5. The maximum Gasteiger partial charge on any atom is 0.417 e. The monoisotopic (exact) mass is 585 g/mol. The Morgan fingerprint density at radius 3 is 2.14 bits per heavy atom.